The third-order valence-corrected chi connectivity index (χ3v) is 6.68. The SMILES string of the molecule is CO[Si](C)(CCCc1cncc2ccccc12)OC. The molecule has 0 aliphatic carbocycles. The maximum Gasteiger partial charge on any atom is 0.334 e. The summed E-state index contributed by atoms with van der Waals surface area (Å²) in [6.45, 7) is 2.11. The van der Waals surface area contributed by atoms with Gasteiger partial charge in [0, 0.05) is 32.0 Å². The summed E-state index contributed by atoms with van der Waals surface area (Å²) in [5.41, 5.74) is 1.31. The Hall–Kier alpha value is -1.23. The number of hydrogen-bond acceptors (Lipinski definition) is 3. The topological polar surface area (TPSA) is 31.4 Å². The van der Waals surface area contributed by atoms with Crippen molar-refractivity contribution < 1.29 is 8.85 Å². The maximum absolute atomic E-state index is 5.51. The standard InChI is InChI=1S/C15H21NO2Si/c1-17-19(3,18-2)10-6-8-14-12-16-11-13-7-4-5-9-15(13)14/h4-5,7,9,11-12H,6,8,10H2,1-3H3. The molecule has 0 bridgehead atoms. The van der Waals surface area contributed by atoms with E-state index < -0.39 is 8.56 Å². The predicted molar refractivity (Wildman–Crippen MR) is 80.5 cm³/mol. The molecule has 0 fully saturated rings. The van der Waals surface area contributed by atoms with Crippen LogP contribution in [0.3, 0.4) is 0 Å². The maximum atomic E-state index is 5.51. The van der Waals surface area contributed by atoms with Crippen molar-refractivity contribution in [3.8, 4) is 0 Å². The Morgan fingerprint density at radius 1 is 1.11 bits per heavy atom. The molecule has 0 radical (unpaired) electrons. The molecule has 1 aromatic heterocycles. The van der Waals surface area contributed by atoms with E-state index in [2.05, 4.69) is 29.7 Å². The first-order valence-electron chi connectivity index (χ1n) is 6.60. The second-order valence-corrected chi connectivity index (χ2v) is 8.50. The lowest BCUT2D eigenvalue weighted by Gasteiger charge is -2.22. The molecule has 0 spiro atoms. The first-order chi connectivity index (χ1) is 9.18. The molecule has 0 atom stereocenters. The van der Waals surface area contributed by atoms with Crippen molar-refractivity contribution in [3.63, 3.8) is 0 Å². The molecule has 0 unspecified atom stereocenters. The van der Waals surface area contributed by atoms with Gasteiger partial charge in [0.25, 0.3) is 0 Å². The number of rotatable bonds is 6. The van der Waals surface area contributed by atoms with E-state index in [1.54, 1.807) is 14.2 Å². The zero-order valence-corrected chi connectivity index (χ0v) is 12.8. The molecule has 2 aromatic rings. The van der Waals surface area contributed by atoms with E-state index in [4.69, 9.17) is 8.85 Å². The molecule has 102 valence electrons. The number of benzene rings is 1. The van der Waals surface area contributed by atoms with Gasteiger partial charge in [-0.2, -0.15) is 0 Å². The van der Waals surface area contributed by atoms with Gasteiger partial charge in [0.2, 0.25) is 0 Å². The minimum absolute atomic E-state index is 1.00. The summed E-state index contributed by atoms with van der Waals surface area (Å²) in [6.07, 6.45) is 5.98. The summed E-state index contributed by atoms with van der Waals surface area (Å²) in [5.74, 6) is 0. The van der Waals surface area contributed by atoms with E-state index >= 15 is 0 Å². The smallest absolute Gasteiger partial charge is 0.334 e. The van der Waals surface area contributed by atoms with Crippen molar-refractivity contribution in [2.24, 2.45) is 0 Å². The van der Waals surface area contributed by atoms with Gasteiger partial charge in [0.05, 0.1) is 0 Å². The van der Waals surface area contributed by atoms with E-state index in [0.717, 1.165) is 18.9 Å². The summed E-state index contributed by atoms with van der Waals surface area (Å²) in [5, 5.41) is 2.51. The van der Waals surface area contributed by atoms with Crippen molar-refractivity contribution in [3.05, 3.63) is 42.2 Å². The molecule has 4 heteroatoms. The van der Waals surface area contributed by atoms with Gasteiger partial charge < -0.3 is 8.85 Å². The second-order valence-electron chi connectivity index (χ2n) is 4.92. The summed E-state index contributed by atoms with van der Waals surface area (Å²) in [7, 11) is 1.55. The average Bonchev–Trinajstić information content (AvgIpc) is 2.47. The number of pyridine rings is 1. The minimum Gasteiger partial charge on any atom is -0.398 e. The van der Waals surface area contributed by atoms with Crippen molar-refractivity contribution in [2.75, 3.05) is 14.2 Å². The Bertz CT molecular complexity index is 535. The van der Waals surface area contributed by atoms with Gasteiger partial charge in [-0.25, -0.2) is 0 Å². The van der Waals surface area contributed by atoms with Crippen LogP contribution >= 0.6 is 0 Å². The summed E-state index contributed by atoms with van der Waals surface area (Å²) in [4.78, 5) is 4.32. The third-order valence-electron chi connectivity index (χ3n) is 3.69. The van der Waals surface area contributed by atoms with Gasteiger partial charge in [-0.05, 0) is 36.4 Å². The largest absolute Gasteiger partial charge is 0.398 e. The van der Waals surface area contributed by atoms with Crippen LogP contribution in [0.25, 0.3) is 10.8 Å². The van der Waals surface area contributed by atoms with Gasteiger partial charge in [-0.3, -0.25) is 4.98 Å². The van der Waals surface area contributed by atoms with Gasteiger partial charge in [0.15, 0.2) is 0 Å². The molecule has 0 saturated carbocycles. The van der Waals surface area contributed by atoms with Crippen LogP contribution < -0.4 is 0 Å². The highest BCUT2D eigenvalue weighted by Crippen LogP contribution is 2.21. The lowest BCUT2D eigenvalue weighted by Crippen LogP contribution is -2.35. The normalized spacial score (nSPS) is 11.9. The molecular weight excluding hydrogens is 254 g/mol. The van der Waals surface area contributed by atoms with Gasteiger partial charge in [-0.1, -0.05) is 24.3 Å². The zero-order chi connectivity index (χ0) is 13.7. The molecule has 0 saturated heterocycles. The molecule has 1 aromatic carbocycles. The van der Waals surface area contributed by atoms with Crippen molar-refractivity contribution in [1.29, 1.82) is 0 Å². The highest BCUT2D eigenvalue weighted by molar-refractivity contribution is 6.65. The van der Waals surface area contributed by atoms with Gasteiger partial charge >= 0.3 is 8.56 Å². The second kappa shape index (κ2) is 6.28. The Labute approximate surface area is 115 Å². The molecular formula is C15H21NO2Si. The highest BCUT2D eigenvalue weighted by atomic mass is 28.4. The number of aryl methyl sites for hydroxylation is 1. The fourth-order valence-corrected chi connectivity index (χ4v) is 3.66. The average molecular weight is 275 g/mol. The minimum atomic E-state index is -1.94. The summed E-state index contributed by atoms with van der Waals surface area (Å²) >= 11 is 0. The first-order valence-corrected chi connectivity index (χ1v) is 9.13. The molecule has 0 amide bonds. The molecule has 19 heavy (non-hydrogen) atoms. The first kappa shape index (κ1) is 14.2. The van der Waals surface area contributed by atoms with E-state index in [-0.39, 0.29) is 0 Å². The van der Waals surface area contributed by atoms with Crippen LogP contribution in [-0.2, 0) is 15.3 Å². The molecule has 3 nitrogen and oxygen atoms in total. The van der Waals surface area contributed by atoms with E-state index in [9.17, 15) is 0 Å². The Morgan fingerprint density at radius 3 is 2.58 bits per heavy atom. The van der Waals surface area contributed by atoms with Crippen LogP contribution in [0.15, 0.2) is 36.7 Å². The number of fused-ring (bicyclic) bond motifs is 1. The third kappa shape index (κ3) is 3.41. The summed E-state index contributed by atoms with van der Waals surface area (Å²) in [6, 6.07) is 9.40. The molecule has 0 aliphatic rings. The fourth-order valence-electron chi connectivity index (χ4n) is 2.27. The van der Waals surface area contributed by atoms with Crippen molar-refractivity contribution in [1.82, 2.24) is 4.98 Å². The van der Waals surface area contributed by atoms with Gasteiger partial charge in [-0.15, -0.1) is 0 Å². The number of aromatic nitrogens is 1. The monoisotopic (exact) mass is 275 g/mol. The van der Waals surface area contributed by atoms with Crippen molar-refractivity contribution in [2.45, 2.75) is 25.4 Å². The van der Waals surface area contributed by atoms with E-state index in [1.165, 1.54) is 16.3 Å². The molecule has 2 rings (SSSR count). The van der Waals surface area contributed by atoms with Gasteiger partial charge in [0.1, 0.15) is 0 Å². The van der Waals surface area contributed by atoms with Crippen LogP contribution in [0.2, 0.25) is 12.6 Å². The Balaban J connectivity index is 2.06. The van der Waals surface area contributed by atoms with Crippen LogP contribution in [0.4, 0.5) is 0 Å². The van der Waals surface area contributed by atoms with E-state index in [1.807, 2.05) is 18.5 Å². The predicted octanol–water partition coefficient (Wildman–Crippen LogP) is 3.53. The van der Waals surface area contributed by atoms with Crippen LogP contribution in [0, 0.1) is 0 Å². The molecule has 1 heterocycles. The fraction of sp³-hybridized carbons (Fsp3) is 0.400. The highest BCUT2D eigenvalue weighted by Gasteiger charge is 2.27. The number of nitrogens with zero attached hydrogens (tertiary/aromatic N) is 1. The quantitative estimate of drug-likeness (QED) is 0.756. The molecule has 0 aliphatic heterocycles. The van der Waals surface area contributed by atoms with Crippen LogP contribution in [0.5, 0.6) is 0 Å². The Morgan fingerprint density at radius 2 is 1.84 bits per heavy atom. The Kier molecular flexibility index (Phi) is 4.69. The lowest BCUT2D eigenvalue weighted by atomic mass is 10.0. The van der Waals surface area contributed by atoms with Crippen LogP contribution in [0.1, 0.15) is 12.0 Å². The lowest BCUT2D eigenvalue weighted by molar-refractivity contribution is 0.248. The zero-order valence-electron chi connectivity index (χ0n) is 11.8. The molecule has 0 N–H and O–H groups in total. The summed E-state index contributed by atoms with van der Waals surface area (Å²) < 4.78 is 11.0. The number of hydrogen-bond donors (Lipinski definition) is 0. The van der Waals surface area contributed by atoms with E-state index in [0.29, 0.717) is 0 Å². The van der Waals surface area contributed by atoms with Crippen LogP contribution in [-0.4, -0.2) is 27.8 Å². The van der Waals surface area contributed by atoms with Crippen molar-refractivity contribution >= 4 is 19.3 Å².